The Bertz CT molecular complexity index is 770. The molecular formula is C18H19ClN2O3. The molecular weight excluding hydrogens is 328 g/mol. The Hall–Kier alpha value is -2.27. The first-order chi connectivity index (χ1) is 11.6. The van der Waals surface area contributed by atoms with Gasteiger partial charge in [-0.1, -0.05) is 35.9 Å². The van der Waals surface area contributed by atoms with E-state index in [1.165, 1.54) is 0 Å². The van der Waals surface area contributed by atoms with Gasteiger partial charge >= 0.3 is 0 Å². The number of ether oxygens (including phenoxy) is 1. The van der Waals surface area contributed by atoms with E-state index in [9.17, 15) is 9.59 Å². The number of hydrogen-bond acceptors (Lipinski definition) is 3. The highest BCUT2D eigenvalue weighted by Gasteiger charge is 2.22. The van der Waals surface area contributed by atoms with Crippen LogP contribution in [0, 0.1) is 0 Å². The van der Waals surface area contributed by atoms with Gasteiger partial charge < -0.3 is 14.5 Å². The first-order valence-electron chi connectivity index (χ1n) is 7.89. The summed E-state index contributed by atoms with van der Waals surface area (Å²) in [6, 6.07) is 11.2. The van der Waals surface area contributed by atoms with Crippen LogP contribution < -0.4 is 4.74 Å². The van der Waals surface area contributed by atoms with E-state index in [-0.39, 0.29) is 18.4 Å². The molecule has 0 saturated carbocycles. The Balaban J connectivity index is 1.63. The summed E-state index contributed by atoms with van der Waals surface area (Å²) in [5.74, 6) is 0.619. The Morgan fingerprint density at radius 1 is 1.00 bits per heavy atom. The van der Waals surface area contributed by atoms with Crippen molar-refractivity contribution in [2.75, 3.05) is 32.8 Å². The van der Waals surface area contributed by atoms with Crippen molar-refractivity contribution in [3.63, 3.8) is 0 Å². The van der Waals surface area contributed by atoms with Crippen molar-refractivity contribution in [2.24, 2.45) is 0 Å². The van der Waals surface area contributed by atoms with Crippen LogP contribution in [0.5, 0.6) is 5.75 Å². The van der Waals surface area contributed by atoms with Crippen LogP contribution in [0.15, 0.2) is 36.4 Å². The molecule has 2 aromatic carbocycles. The smallest absolute Gasteiger partial charge is 0.260 e. The third-order valence-corrected chi connectivity index (χ3v) is 4.59. The zero-order valence-corrected chi connectivity index (χ0v) is 14.3. The number of piperazine rings is 1. The van der Waals surface area contributed by atoms with Crippen LogP contribution in [0.3, 0.4) is 0 Å². The summed E-state index contributed by atoms with van der Waals surface area (Å²) in [5, 5.41) is 2.45. The summed E-state index contributed by atoms with van der Waals surface area (Å²) in [6.07, 6.45) is 0. The molecule has 3 rings (SSSR count). The molecule has 1 heterocycles. The molecule has 2 aromatic rings. The van der Waals surface area contributed by atoms with Crippen LogP contribution in [0.2, 0.25) is 5.02 Å². The predicted molar refractivity (Wildman–Crippen MR) is 93.3 cm³/mol. The maximum absolute atomic E-state index is 12.3. The molecule has 1 saturated heterocycles. The lowest BCUT2D eigenvalue weighted by Gasteiger charge is -2.34. The van der Waals surface area contributed by atoms with Gasteiger partial charge in [0.15, 0.2) is 6.61 Å². The van der Waals surface area contributed by atoms with E-state index < -0.39 is 0 Å². The second-order valence-electron chi connectivity index (χ2n) is 5.77. The van der Waals surface area contributed by atoms with Crippen LogP contribution in [0.4, 0.5) is 0 Å². The molecule has 0 atom stereocenters. The van der Waals surface area contributed by atoms with E-state index >= 15 is 0 Å². The van der Waals surface area contributed by atoms with Gasteiger partial charge in [0.25, 0.3) is 5.91 Å². The molecule has 0 radical (unpaired) electrons. The Kier molecular flexibility index (Phi) is 4.90. The Labute approximate surface area is 145 Å². The monoisotopic (exact) mass is 346 g/mol. The van der Waals surface area contributed by atoms with Crippen LogP contribution in [-0.2, 0) is 9.59 Å². The Morgan fingerprint density at radius 2 is 1.62 bits per heavy atom. The molecule has 0 N–H and O–H groups in total. The second kappa shape index (κ2) is 7.09. The fourth-order valence-electron chi connectivity index (χ4n) is 2.86. The van der Waals surface area contributed by atoms with Crippen molar-refractivity contribution >= 4 is 34.2 Å². The fourth-order valence-corrected chi connectivity index (χ4v) is 3.09. The molecule has 24 heavy (non-hydrogen) atoms. The molecule has 0 spiro atoms. The van der Waals surface area contributed by atoms with Gasteiger partial charge in [-0.3, -0.25) is 9.59 Å². The van der Waals surface area contributed by atoms with Crippen LogP contribution in [0.25, 0.3) is 10.8 Å². The van der Waals surface area contributed by atoms with Crippen molar-refractivity contribution in [3.05, 3.63) is 41.4 Å². The molecule has 6 heteroatoms. The molecule has 1 aliphatic rings. The van der Waals surface area contributed by atoms with E-state index in [0.29, 0.717) is 37.0 Å². The van der Waals surface area contributed by atoms with E-state index in [1.54, 1.807) is 28.9 Å². The van der Waals surface area contributed by atoms with Crippen LogP contribution in [-0.4, -0.2) is 54.4 Å². The molecule has 1 aliphatic heterocycles. The highest BCUT2D eigenvalue weighted by molar-refractivity contribution is 6.35. The van der Waals surface area contributed by atoms with E-state index in [0.717, 1.165) is 10.8 Å². The van der Waals surface area contributed by atoms with Gasteiger partial charge in [0.2, 0.25) is 5.91 Å². The third kappa shape index (κ3) is 3.46. The minimum absolute atomic E-state index is 0.0221. The van der Waals surface area contributed by atoms with Crippen LogP contribution in [0.1, 0.15) is 6.92 Å². The van der Waals surface area contributed by atoms with Gasteiger partial charge in [-0.15, -0.1) is 0 Å². The second-order valence-corrected chi connectivity index (χ2v) is 6.17. The van der Waals surface area contributed by atoms with Crippen molar-refractivity contribution in [2.45, 2.75) is 6.92 Å². The van der Waals surface area contributed by atoms with Gasteiger partial charge in [0.1, 0.15) is 5.75 Å². The largest absolute Gasteiger partial charge is 0.483 e. The van der Waals surface area contributed by atoms with Gasteiger partial charge in [-0.2, -0.15) is 0 Å². The number of fused-ring (bicyclic) bond motifs is 1. The minimum Gasteiger partial charge on any atom is -0.483 e. The number of rotatable bonds is 3. The summed E-state index contributed by atoms with van der Waals surface area (Å²) in [6.45, 7) is 3.76. The fraction of sp³-hybridized carbons (Fsp3) is 0.333. The molecule has 0 bridgehead atoms. The van der Waals surface area contributed by atoms with Crippen molar-refractivity contribution < 1.29 is 14.3 Å². The first-order valence-corrected chi connectivity index (χ1v) is 8.27. The summed E-state index contributed by atoms with van der Waals surface area (Å²) in [7, 11) is 0. The normalized spacial score (nSPS) is 14.8. The number of hydrogen-bond donors (Lipinski definition) is 0. The number of halogens is 1. The maximum atomic E-state index is 12.3. The average molecular weight is 347 g/mol. The SMILES string of the molecule is CC(=O)N1CCN(C(=O)COc2ccc(Cl)c3ccccc23)CC1. The zero-order chi connectivity index (χ0) is 17.1. The highest BCUT2D eigenvalue weighted by Crippen LogP contribution is 2.31. The summed E-state index contributed by atoms with van der Waals surface area (Å²) >= 11 is 6.19. The quantitative estimate of drug-likeness (QED) is 0.858. The van der Waals surface area contributed by atoms with Crippen molar-refractivity contribution in [3.8, 4) is 5.75 Å². The van der Waals surface area contributed by atoms with Gasteiger partial charge in [0, 0.05) is 48.9 Å². The van der Waals surface area contributed by atoms with E-state index in [2.05, 4.69) is 0 Å². The average Bonchev–Trinajstić information content (AvgIpc) is 2.61. The topological polar surface area (TPSA) is 49.9 Å². The van der Waals surface area contributed by atoms with Gasteiger partial charge in [-0.05, 0) is 12.1 Å². The molecule has 5 nitrogen and oxygen atoms in total. The molecule has 0 aliphatic carbocycles. The van der Waals surface area contributed by atoms with Crippen LogP contribution >= 0.6 is 11.6 Å². The lowest BCUT2D eigenvalue weighted by atomic mass is 10.1. The minimum atomic E-state index is -0.0720. The molecule has 126 valence electrons. The molecule has 0 unspecified atom stereocenters. The third-order valence-electron chi connectivity index (χ3n) is 4.26. The van der Waals surface area contributed by atoms with Gasteiger partial charge in [-0.25, -0.2) is 0 Å². The number of nitrogens with zero attached hydrogens (tertiary/aromatic N) is 2. The first kappa shape index (κ1) is 16.6. The molecule has 0 aromatic heterocycles. The number of amides is 2. The molecule has 2 amide bonds. The molecule has 1 fully saturated rings. The Morgan fingerprint density at radius 3 is 2.29 bits per heavy atom. The predicted octanol–water partition coefficient (Wildman–Crippen LogP) is 2.56. The van der Waals surface area contributed by atoms with E-state index in [1.807, 2.05) is 24.3 Å². The number of benzene rings is 2. The lowest BCUT2D eigenvalue weighted by Crippen LogP contribution is -2.51. The van der Waals surface area contributed by atoms with E-state index in [4.69, 9.17) is 16.3 Å². The summed E-state index contributed by atoms with van der Waals surface area (Å²) < 4.78 is 5.73. The maximum Gasteiger partial charge on any atom is 0.260 e. The highest BCUT2D eigenvalue weighted by atomic mass is 35.5. The number of carbonyl (C=O) groups is 2. The lowest BCUT2D eigenvalue weighted by molar-refractivity contribution is -0.139. The number of carbonyl (C=O) groups excluding carboxylic acids is 2. The zero-order valence-electron chi connectivity index (χ0n) is 13.5. The standard InChI is InChI=1S/C18H19ClN2O3/c1-13(22)20-8-10-21(11-9-20)18(23)12-24-17-7-6-16(19)14-4-2-3-5-15(14)17/h2-7H,8-12H2,1H3. The van der Waals surface area contributed by atoms with Gasteiger partial charge in [0.05, 0.1) is 0 Å². The summed E-state index contributed by atoms with van der Waals surface area (Å²) in [4.78, 5) is 27.1. The summed E-state index contributed by atoms with van der Waals surface area (Å²) in [5.41, 5.74) is 0. The van der Waals surface area contributed by atoms with Crippen molar-refractivity contribution in [1.82, 2.24) is 9.80 Å². The van der Waals surface area contributed by atoms with Crippen molar-refractivity contribution in [1.29, 1.82) is 0 Å².